The summed E-state index contributed by atoms with van der Waals surface area (Å²) in [6, 6.07) is 13.6. The van der Waals surface area contributed by atoms with Crippen LogP contribution >= 0.6 is 39.1 Å². The highest BCUT2D eigenvalue weighted by Crippen LogP contribution is 2.43. The van der Waals surface area contributed by atoms with Crippen LogP contribution in [0.5, 0.6) is 0 Å². The molecule has 116 valence electrons. The average molecular weight is 402 g/mol. The zero-order chi connectivity index (χ0) is 15.7. The van der Waals surface area contributed by atoms with Crippen LogP contribution in [-0.4, -0.2) is 11.9 Å². The van der Waals surface area contributed by atoms with Gasteiger partial charge in [0.25, 0.3) is 0 Å². The Morgan fingerprint density at radius 1 is 1.18 bits per heavy atom. The third kappa shape index (κ3) is 3.06. The van der Waals surface area contributed by atoms with Gasteiger partial charge < -0.3 is 9.47 Å². The SMILES string of the molecule is Cc1ccc([C@]2(CBr)OC[C@@H](c3ccc(Cl)cc3Cl)O2)cc1. The van der Waals surface area contributed by atoms with Crippen molar-refractivity contribution in [1.29, 1.82) is 0 Å². The summed E-state index contributed by atoms with van der Waals surface area (Å²) in [6.07, 6.45) is -0.219. The molecule has 2 aromatic carbocycles. The van der Waals surface area contributed by atoms with Crippen LogP contribution < -0.4 is 0 Å². The lowest BCUT2D eigenvalue weighted by Crippen LogP contribution is -2.29. The maximum atomic E-state index is 6.28. The number of halogens is 3. The molecule has 5 heteroatoms. The van der Waals surface area contributed by atoms with E-state index in [1.807, 2.05) is 24.3 Å². The van der Waals surface area contributed by atoms with Crippen LogP contribution in [0.4, 0.5) is 0 Å². The van der Waals surface area contributed by atoms with Crippen molar-refractivity contribution >= 4 is 39.1 Å². The predicted octanol–water partition coefficient (Wildman–Crippen LogP) is 5.64. The van der Waals surface area contributed by atoms with Gasteiger partial charge in [0, 0.05) is 21.2 Å². The molecule has 0 N–H and O–H groups in total. The summed E-state index contributed by atoms with van der Waals surface area (Å²) >= 11 is 15.7. The third-order valence-corrected chi connectivity index (χ3v) is 5.08. The van der Waals surface area contributed by atoms with Crippen LogP contribution in [0.1, 0.15) is 22.8 Å². The second-order valence-electron chi connectivity index (χ2n) is 5.34. The first-order valence-corrected chi connectivity index (χ1v) is 8.82. The molecule has 0 unspecified atom stereocenters. The maximum Gasteiger partial charge on any atom is 0.205 e. The molecule has 1 saturated heterocycles. The molecule has 0 saturated carbocycles. The van der Waals surface area contributed by atoms with Crippen LogP contribution in [0.15, 0.2) is 42.5 Å². The Labute approximate surface area is 148 Å². The van der Waals surface area contributed by atoms with Gasteiger partial charge in [0.05, 0.1) is 11.9 Å². The molecule has 2 nitrogen and oxygen atoms in total. The highest BCUT2D eigenvalue weighted by atomic mass is 79.9. The van der Waals surface area contributed by atoms with Crippen molar-refractivity contribution in [3.8, 4) is 0 Å². The Morgan fingerprint density at radius 2 is 1.91 bits per heavy atom. The Hall–Kier alpha value is -0.580. The van der Waals surface area contributed by atoms with E-state index in [4.69, 9.17) is 32.7 Å². The van der Waals surface area contributed by atoms with E-state index in [2.05, 4.69) is 35.0 Å². The van der Waals surface area contributed by atoms with Gasteiger partial charge in [-0.2, -0.15) is 0 Å². The van der Waals surface area contributed by atoms with Crippen molar-refractivity contribution in [1.82, 2.24) is 0 Å². The van der Waals surface area contributed by atoms with E-state index in [1.165, 1.54) is 5.56 Å². The fourth-order valence-corrected chi connectivity index (χ4v) is 3.68. The summed E-state index contributed by atoms with van der Waals surface area (Å²) in [4.78, 5) is 0. The van der Waals surface area contributed by atoms with Gasteiger partial charge in [-0.05, 0) is 19.1 Å². The normalized spacial score (nSPS) is 24.6. The lowest BCUT2D eigenvalue weighted by Gasteiger charge is -2.26. The van der Waals surface area contributed by atoms with E-state index in [0.29, 0.717) is 22.0 Å². The molecule has 0 aromatic heterocycles. The molecule has 22 heavy (non-hydrogen) atoms. The summed E-state index contributed by atoms with van der Waals surface area (Å²) in [7, 11) is 0. The van der Waals surface area contributed by atoms with Gasteiger partial charge in [0.15, 0.2) is 0 Å². The van der Waals surface area contributed by atoms with Crippen molar-refractivity contribution in [2.45, 2.75) is 18.8 Å². The van der Waals surface area contributed by atoms with Crippen LogP contribution in [-0.2, 0) is 15.3 Å². The summed E-state index contributed by atoms with van der Waals surface area (Å²) in [5.74, 6) is -0.790. The Morgan fingerprint density at radius 3 is 2.55 bits per heavy atom. The second kappa shape index (κ2) is 6.50. The lowest BCUT2D eigenvalue weighted by molar-refractivity contribution is -0.157. The lowest BCUT2D eigenvalue weighted by atomic mass is 10.1. The zero-order valence-electron chi connectivity index (χ0n) is 12.0. The van der Waals surface area contributed by atoms with Gasteiger partial charge in [0.1, 0.15) is 6.10 Å². The predicted molar refractivity (Wildman–Crippen MR) is 92.9 cm³/mol. The Balaban J connectivity index is 1.89. The van der Waals surface area contributed by atoms with Crippen molar-refractivity contribution in [2.75, 3.05) is 11.9 Å². The van der Waals surface area contributed by atoms with Crippen molar-refractivity contribution in [2.24, 2.45) is 0 Å². The summed E-state index contributed by atoms with van der Waals surface area (Å²) in [5, 5.41) is 1.75. The van der Waals surface area contributed by atoms with E-state index in [1.54, 1.807) is 6.07 Å². The Bertz CT molecular complexity index is 675. The number of hydrogen-bond donors (Lipinski definition) is 0. The molecule has 2 aromatic rings. The van der Waals surface area contributed by atoms with Crippen LogP contribution in [0.25, 0.3) is 0 Å². The molecule has 0 spiro atoms. The Kier molecular flexibility index (Phi) is 4.81. The van der Waals surface area contributed by atoms with Crippen LogP contribution in [0.3, 0.4) is 0 Å². The molecule has 2 atom stereocenters. The highest BCUT2D eigenvalue weighted by Gasteiger charge is 2.43. The minimum Gasteiger partial charge on any atom is -0.342 e. The van der Waals surface area contributed by atoms with E-state index < -0.39 is 5.79 Å². The van der Waals surface area contributed by atoms with Crippen molar-refractivity contribution < 1.29 is 9.47 Å². The van der Waals surface area contributed by atoms with E-state index in [-0.39, 0.29) is 6.10 Å². The first kappa shape index (κ1) is 16.3. The van der Waals surface area contributed by atoms with Gasteiger partial charge >= 0.3 is 0 Å². The van der Waals surface area contributed by atoms with Crippen molar-refractivity contribution in [3.63, 3.8) is 0 Å². The molecule has 1 fully saturated rings. The van der Waals surface area contributed by atoms with Crippen LogP contribution in [0, 0.1) is 6.92 Å². The van der Waals surface area contributed by atoms with E-state index in [9.17, 15) is 0 Å². The highest BCUT2D eigenvalue weighted by molar-refractivity contribution is 9.09. The first-order valence-electron chi connectivity index (χ1n) is 6.94. The molecule has 0 bridgehead atoms. The number of rotatable bonds is 3. The minimum atomic E-state index is -0.790. The summed E-state index contributed by atoms with van der Waals surface area (Å²) in [5.41, 5.74) is 3.08. The van der Waals surface area contributed by atoms with Gasteiger partial charge in [-0.25, -0.2) is 0 Å². The zero-order valence-corrected chi connectivity index (χ0v) is 15.1. The minimum absolute atomic E-state index is 0.219. The number of benzene rings is 2. The van der Waals surface area contributed by atoms with Crippen LogP contribution in [0.2, 0.25) is 10.0 Å². The van der Waals surface area contributed by atoms with Gasteiger partial charge in [-0.3, -0.25) is 0 Å². The van der Waals surface area contributed by atoms with Gasteiger partial charge in [-0.15, -0.1) is 0 Å². The molecule has 1 aliphatic heterocycles. The molecule has 0 aliphatic carbocycles. The molecule has 1 aliphatic rings. The number of aryl methyl sites for hydroxylation is 1. The smallest absolute Gasteiger partial charge is 0.205 e. The molecular formula is C17H15BrCl2O2. The molecular weight excluding hydrogens is 387 g/mol. The molecule has 1 heterocycles. The fourth-order valence-electron chi connectivity index (χ4n) is 2.53. The number of alkyl halides is 1. The quantitative estimate of drug-likeness (QED) is 0.619. The second-order valence-corrected chi connectivity index (χ2v) is 6.74. The monoisotopic (exact) mass is 400 g/mol. The first-order chi connectivity index (χ1) is 10.5. The molecule has 0 radical (unpaired) electrons. The van der Waals surface area contributed by atoms with E-state index >= 15 is 0 Å². The fraction of sp³-hybridized carbons (Fsp3) is 0.294. The summed E-state index contributed by atoms with van der Waals surface area (Å²) in [6.45, 7) is 2.50. The molecule has 0 amide bonds. The topological polar surface area (TPSA) is 18.5 Å². The number of hydrogen-bond acceptors (Lipinski definition) is 2. The largest absolute Gasteiger partial charge is 0.342 e. The maximum absolute atomic E-state index is 6.28. The van der Waals surface area contributed by atoms with Crippen molar-refractivity contribution in [3.05, 3.63) is 69.2 Å². The summed E-state index contributed by atoms with van der Waals surface area (Å²) < 4.78 is 12.2. The van der Waals surface area contributed by atoms with Gasteiger partial charge in [0.2, 0.25) is 5.79 Å². The van der Waals surface area contributed by atoms with E-state index in [0.717, 1.165) is 11.1 Å². The standard InChI is InChI=1S/C17H15BrCl2O2/c1-11-2-4-12(5-3-11)17(10-18)21-9-16(22-17)14-7-6-13(19)8-15(14)20/h2-8,16H,9-10H2,1H3/t16-,17+/m0/s1. The average Bonchev–Trinajstić information content (AvgIpc) is 2.93. The van der Waals surface area contributed by atoms with Gasteiger partial charge in [-0.1, -0.05) is 75.0 Å². The molecule has 3 rings (SSSR count). The third-order valence-electron chi connectivity index (χ3n) is 3.78. The number of ether oxygens (including phenoxy) is 2.